The van der Waals surface area contributed by atoms with E-state index in [4.69, 9.17) is 4.42 Å². The van der Waals surface area contributed by atoms with Crippen LogP contribution in [-0.4, -0.2) is 26.2 Å². The third-order valence-corrected chi connectivity index (χ3v) is 4.15. The highest BCUT2D eigenvalue weighted by molar-refractivity contribution is 5.72. The van der Waals surface area contributed by atoms with E-state index >= 15 is 0 Å². The van der Waals surface area contributed by atoms with Crippen LogP contribution in [0, 0.1) is 0 Å². The molecule has 4 rings (SSSR count). The van der Waals surface area contributed by atoms with Crippen molar-refractivity contribution in [1.82, 2.24) is 19.7 Å². The van der Waals surface area contributed by atoms with Crippen molar-refractivity contribution in [3.05, 3.63) is 48.1 Å². The summed E-state index contributed by atoms with van der Waals surface area (Å²) in [6.45, 7) is 1.84. The van der Waals surface area contributed by atoms with Gasteiger partial charge in [-0.2, -0.15) is 5.10 Å². The van der Waals surface area contributed by atoms with Gasteiger partial charge in [0.15, 0.2) is 5.58 Å². The smallest absolute Gasteiger partial charge is 0.209 e. The predicted molar refractivity (Wildman–Crippen MR) is 79.6 cm³/mol. The van der Waals surface area contributed by atoms with Gasteiger partial charge in [0, 0.05) is 24.8 Å². The van der Waals surface area contributed by atoms with E-state index in [1.807, 2.05) is 42.2 Å². The van der Waals surface area contributed by atoms with Crippen molar-refractivity contribution in [3.63, 3.8) is 0 Å². The molecular weight excluding hydrogens is 264 g/mol. The Bertz CT molecular complexity index is 727. The highest BCUT2D eigenvalue weighted by Crippen LogP contribution is 2.33. The van der Waals surface area contributed by atoms with Gasteiger partial charge < -0.3 is 4.42 Å². The van der Waals surface area contributed by atoms with Crippen LogP contribution in [0.1, 0.15) is 30.3 Å². The molecule has 1 aromatic carbocycles. The zero-order valence-electron chi connectivity index (χ0n) is 12.1. The number of rotatable bonds is 3. The van der Waals surface area contributed by atoms with Crippen LogP contribution in [0.5, 0.6) is 0 Å². The third-order valence-electron chi connectivity index (χ3n) is 4.15. The van der Waals surface area contributed by atoms with Crippen molar-refractivity contribution < 1.29 is 4.42 Å². The Labute approximate surface area is 123 Å². The summed E-state index contributed by atoms with van der Waals surface area (Å²) < 4.78 is 7.71. The van der Waals surface area contributed by atoms with Gasteiger partial charge in [-0.25, -0.2) is 4.98 Å². The van der Waals surface area contributed by atoms with Gasteiger partial charge >= 0.3 is 0 Å². The molecule has 108 valence electrons. The number of hydrogen-bond acceptors (Lipinski definition) is 4. The van der Waals surface area contributed by atoms with Gasteiger partial charge in [-0.15, -0.1) is 0 Å². The number of hydrogen-bond donors (Lipinski definition) is 0. The second kappa shape index (κ2) is 5.00. The molecule has 1 atom stereocenters. The molecule has 2 aromatic heterocycles. The van der Waals surface area contributed by atoms with Gasteiger partial charge in [0.05, 0.1) is 12.7 Å². The maximum atomic E-state index is 5.85. The summed E-state index contributed by atoms with van der Waals surface area (Å²) in [4.78, 5) is 7.01. The molecule has 0 spiro atoms. The second-order valence-electron chi connectivity index (χ2n) is 5.65. The van der Waals surface area contributed by atoms with Crippen LogP contribution in [-0.2, 0) is 13.6 Å². The van der Waals surface area contributed by atoms with Gasteiger partial charge in [-0.05, 0) is 31.5 Å². The second-order valence-corrected chi connectivity index (χ2v) is 5.65. The van der Waals surface area contributed by atoms with Crippen molar-refractivity contribution in [1.29, 1.82) is 0 Å². The molecule has 0 bridgehead atoms. The van der Waals surface area contributed by atoms with Crippen LogP contribution in [0.2, 0.25) is 0 Å². The largest absolute Gasteiger partial charge is 0.439 e. The molecule has 0 radical (unpaired) electrons. The number of likely N-dealkylation sites (tertiary alicyclic amines) is 1. The summed E-state index contributed by atoms with van der Waals surface area (Å²) in [5.74, 6) is 0.798. The monoisotopic (exact) mass is 282 g/mol. The van der Waals surface area contributed by atoms with Crippen molar-refractivity contribution in [2.45, 2.75) is 25.4 Å². The van der Waals surface area contributed by atoms with Crippen molar-refractivity contribution in [3.8, 4) is 0 Å². The molecular formula is C16H18N4O. The van der Waals surface area contributed by atoms with Gasteiger partial charge in [0.1, 0.15) is 5.52 Å². The minimum absolute atomic E-state index is 0.425. The molecule has 21 heavy (non-hydrogen) atoms. The zero-order chi connectivity index (χ0) is 14.2. The van der Waals surface area contributed by atoms with Crippen LogP contribution in [0.25, 0.3) is 11.1 Å². The van der Waals surface area contributed by atoms with Gasteiger partial charge in [-0.1, -0.05) is 12.1 Å². The molecule has 3 aromatic rings. The number of nitrogens with zero attached hydrogens (tertiary/aromatic N) is 4. The molecule has 1 unspecified atom stereocenters. The number of fused-ring (bicyclic) bond motifs is 1. The fourth-order valence-electron chi connectivity index (χ4n) is 3.17. The van der Waals surface area contributed by atoms with Crippen LogP contribution in [0.4, 0.5) is 0 Å². The van der Waals surface area contributed by atoms with E-state index in [0.717, 1.165) is 30.1 Å². The van der Waals surface area contributed by atoms with E-state index in [1.54, 1.807) is 0 Å². The lowest BCUT2D eigenvalue weighted by atomic mass is 10.1. The summed E-state index contributed by atoms with van der Waals surface area (Å²) in [7, 11) is 1.96. The summed E-state index contributed by atoms with van der Waals surface area (Å²) in [5, 5.41) is 4.29. The van der Waals surface area contributed by atoms with Crippen molar-refractivity contribution in [2.75, 3.05) is 6.54 Å². The fourth-order valence-corrected chi connectivity index (χ4v) is 3.17. The van der Waals surface area contributed by atoms with Gasteiger partial charge in [-0.3, -0.25) is 9.58 Å². The Morgan fingerprint density at radius 2 is 2.24 bits per heavy atom. The predicted octanol–water partition coefficient (Wildman–Crippen LogP) is 2.90. The minimum Gasteiger partial charge on any atom is -0.439 e. The third kappa shape index (κ3) is 2.34. The molecule has 1 saturated heterocycles. The Balaban J connectivity index is 1.57. The maximum Gasteiger partial charge on any atom is 0.209 e. The number of aromatic nitrogens is 3. The highest BCUT2D eigenvalue weighted by atomic mass is 16.3. The minimum atomic E-state index is 0.425. The van der Waals surface area contributed by atoms with Crippen LogP contribution >= 0.6 is 0 Å². The lowest BCUT2D eigenvalue weighted by Crippen LogP contribution is -2.22. The number of oxazole rings is 1. The molecule has 5 nitrogen and oxygen atoms in total. The molecule has 1 aliphatic rings. The maximum absolute atomic E-state index is 5.85. The van der Waals surface area contributed by atoms with Crippen LogP contribution < -0.4 is 0 Å². The Hall–Kier alpha value is -2.14. The van der Waals surface area contributed by atoms with E-state index in [2.05, 4.69) is 21.2 Å². The average molecular weight is 282 g/mol. The summed E-state index contributed by atoms with van der Waals surface area (Å²) in [5.41, 5.74) is 3.08. The Morgan fingerprint density at radius 1 is 1.33 bits per heavy atom. The average Bonchev–Trinajstić information content (AvgIpc) is 3.17. The number of benzene rings is 1. The SMILES string of the molecule is Cn1cc(C2CCCN2Cc2nc3ccccc3o2)cn1. The topological polar surface area (TPSA) is 47.1 Å². The molecule has 0 N–H and O–H groups in total. The molecule has 0 saturated carbocycles. The molecule has 1 fully saturated rings. The van der Waals surface area contributed by atoms with E-state index in [9.17, 15) is 0 Å². The van der Waals surface area contributed by atoms with E-state index in [-0.39, 0.29) is 0 Å². The first kappa shape index (κ1) is 12.6. The number of aryl methyl sites for hydroxylation is 1. The molecule has 0 aliphatic carbocycles. The normalized spacial score (nSPS) is 19.6. The van der Waals surface area contributed by atoms with Crippen molar-refractivity contribution in [2.24, 2.45) is 7.05 Å². The Morgan fingerprint density at radius 3 is 3.05 bits per heavy atom. The van der Waals surface area contributed by atoms with E-state index in [0.29, 0.717) is 6.04 Å². The van der Waals surface area contributed by atoms with E-state index < -0.39 is 0 Å². The van der Waals surface area contributed by atoms with Crippen molar-refractivity contribution >= 4 is 11.1 Å². The standard InChI is InChI=1S/C16H18N4O/c1-19-10-12(9-17-19)14-6-4-8-20(14)11-16-18-13-5-2-3-7-15(13)21-16/h2-3,5,7,9-10,14H,4,6,8,11H2,1H3. The van der Waals surface area contributed by atoms with Crippen LogP contribution in [0.3, 0.4) is 0 Å². The number of para-hydroxylation sites is 2. The van der Waals surface area contributed by atoms with E-state index in [1.165, 1.54) is 18.4 Å². The summed E-state index contributed by atoms with van der Waals surface area (Å²) in [6, 6.07) is 8.35. The Kier molecular flexibility index (Phi) is 3.00. The lowest BCUT2D eigenvalue weighted by molar-refractivity contribution is 0.225. The summed E-state index contributed by atoms with van der Waals surface area (Å²) in [6.07, 6.45) is 6.45. The first-order valence-corrected chi connectivity index (χ1v) is 7.36. The highest BCUT2D eigenvalue weighted by Gasteiger charge is 2.28. The molecule has 5 heteroatoms. The fraction of sp³-hybridized carbons (Fsp3) is 0.375. The summed E-state index contributed by atoms with van der Waals surface area (Å²) >= 11 is 0. The zero-order valence-corrected chi connectivity index (χ0v) is 12.1. The lowest BCUT2D eigenvalue weighted by Gasteiger charge is -2.21. The molecule has 0 amide bonds. The quantitative estimate of drug-likeness (QED) is 0.741. The van der Waals surface area contributed by atoms with Gasteiger partial charge in [0.25, 0.3) is 0 Å². The van der Waals surface area contributed by atoms with Gasteiger partial charge in [0.2, 0.25) is 5.89 Å². The molecule has 1 aliphatic heterocycles. The first-order valence-electron chi connectivity index (χ1n) is 7.36. The van der Waals surface area contributed by atoms with Crippen LogP contribution in [0.15, 0.2) is 41.1 Å². The molecule has 3 heterocycles. The first-order chi connectivity index (χ1) is 10.3.